The fourth-order valence-electron chi connectivity index (χ4n) is 2.45. The molecule has 1 aromatic heterocycles. The number of rotatable bonds is 5. The molecule has 1 aromatic carbocycles. The van der Waals surface area contributed by atoms with Gasteiger partial charge in [-0.2, -0.15) is 0 Å². The number of nitrogens with zero attached hydrogens (tertiary/aromatic N) is 2. The van der Waals surface area contributed by atoms with Crippen LogP contribution in [0.2, 0.25) is 0 Å². The number of hydrogen-bond donors (Lipinski definition) is 2. The van der Waals surface area contributed by atoms with Gasteiger partial charge < -0.3 is 11.1 Å². The molecule has 0 saturated heterocycles. The highest BCUT2D eigenvalue weighted by Crippen LogP contribution is 2.22. The summed E-state index contributed by atoms with van der Waals surface area (Å²) < 4.78 is 0. The lowest BCUT2D eigenvalue weighted by Crippen LogP contribution is -2.24. The molecule has 5 heteroatoms. The van der Waals surface area contributed by atoms with E-state index in [1.165, 1.54) is 16.0 Å². The largest absolute Gasteiger partial charge is 0.370 e. The molecule has 0 radical (unpaired) electrons. The van der Waals surface area contributed by atoms with Crippen LogP contribution in [-0.2, 0) is 19.4 Å². The summed E-state index contributed by atoms with van der Waals surface area (Å²) >= 11 is 1.68. The second-order valence-corrected chi connectivity index (χ2v) is 6.51. The zero-order valence-electron chi connectivity index (χ0n) is 13.7. The van der Waals surface area contributed by atoms with Crippen molar-refractivity contribution >= 4 is 23.0 Å². The molecule has 0 aliphatic heterocycles. The normalized spacial score (nSPS) is 11.7. The van der Waals surface area contributed by atoms with Crippen molar-refractivity contribution < 1.29 is 0 Å². The summed E-state index contributed by atoms with van der Waals surface area (Å²) in [4.78, 5) is 10.1. The van der Waals surface area contributed by atoms with E-state index in [0.29, 0.717) is 12.5 Å². The number of aromatic nitrogens is 1. The second kappa shape index (κ2) is 7.40. The van der Waals surface area contributed by atoms with Gasteiger partial charge in [0, 0.05) is 10.6 Å². The third-order valence-electron chi connectivity index (χ3n) is 3.64. The lowest BCUT2D eigenvalue weighted by molar-refractivity contribution is 1.04. The van der Waals surface area contributed by atoms with Gasteiger partial charge in [-0.15, -0.1) is 11.3 Å². The molecule has 0 fully saturated rings. The van der Waals surface area contributed by atoms with Gasteiger partial charge in [0.15, 0.2) is 5.96 Å². The maximum Gasteiger partial charge on any atom is 0.193 e. The van der Waals surface area contributed by atoms with Crippen LogP contribution in [0.1, 0.15) is 40.6 Å². The Morgan fingerprint density at radius 3 is 2.36 bits per heavy atom. The van der Waals surface area contributed by atoms with E-state index in [-0.39, 0.29) is 0 Å². The number of nitrogens with two attached hydrogens (primary N) is 1. The Kier molecular flexibility index (Phi) is 5.55. The number of guanidine groups is 1. The predicted octanol–water partition coefficient (Wildman–Crippen LogP) is 3.81. The molecule has 0 saturated carbocycles. The van der Waals surface area contributed by atoms with Crippen LogP contribution in [0.5, 0.6) is 0 Å². The number of benzene rings is 1. The van der Waals surface area contributed by atoms with E-state index in [1.807, 2.05) is 13.8 Å². The SMILES string of the molecule is CCc1cccc(CC)c1NC(N)=NCc1sc(C)nc1C. The summed E-state index contributed by atoms with van der Waals surface area (Å²) in [6.07, 6.45) is 1.94. The van der Waals surface area contributed by atoms with Crippen LogP contribution in [0.4, 0.5) is 5.69 Å². The molecule has 0 aliphatic rings. The van der Waals surface area contributed by atoms with Gasteiger partial charge in [-0.3, -0.25) is 0 Å². The lowest BCUT2D eigenvalue weighted by atomic mass is 10.0. The van der Waals surface area contributed by atoms with Crippen LogP contribution in [0.25, 0.3) is 0 Å². The molecule has 2 rings (SSSR count). The van der Waals surface area contributed by atoms with Crippen LogP contribution in [0.15, 0.2) is 23.2 Å². The maximum absolute atomic E-state index is 6.08. The van der Waals surface area contributed by atoms with Crippen molar-refractivity contribution in [3.63, 3.8) is 0 Å². The first-order valence-electron chi connectivity index (χ1n) is 7.65. The Hall–Kier alpha value is -1.88. The Morgan fingerprint density at radius 1 is 1.23 bits per heavy atom. The second-order valence-electron chi connectivity index (χ2n) is 5.23. The molecule has 0 amide bonds. The van der Waals surface area contributed by atoms with Crippen LogP contribution in [0.3, 0.4) is 0 Å². The Bertz CT molecular complexity index is 651. The predicted molar refractivity (Wildman–Crippen MR) is 95.7 cm³/mol. The van der Waals surface area contributed by atoms with Crippen LogP contribution >= 0.6 is 11.3 Å². The molecule has 0 aliphatic carbocycles. The molecule has 22 heavy (non-hydrogen) atoms. The molecule has 4 nitrogen and oxygen atoms in total. The summed E-state index contributed by atoms with van der Waals surface area (Å²) in [7, 11) is 0. The number of para-hydroxylation sites is 1. The molecule has 3 N–H and O–H groups in total. The summed E-state index contributed by atoms with van der Waals surface area (Å²) in [6.45, 7) is 8.90. The van der Waals surface area contributed by atoms with E-state index < -0.39 is 0 Å². The van der Waals surface area contributed by atoms with E-state index in [4.69, 9.17) is 5.73 Å². The standard InChI is InChI=1S/C17H24N4S/c1-5-13-8-7-9-14(6-2)16(13)21-17(18)19-10-15-11(3)20-12(4)22-15/h7-9H,5-6,10H2,1-4H3,(H3,18,19,21). The van der Waals surface area contributed by atoms with E-state index >= 15 is 0 Å². The average molecular weight is 316 g/mol. The van der Waals surface area contributed by atoms with Crippen LogP contribution < -0.4 is 11.1 Å². The highest BCUT2D eigenvalue weighted by Gasteiger charge is 2.08. The average Bonchev–Trinajstić information content (AvgIpc) is 2.83. The van der Waals surface area contributed by atoms with Gasteiger partial charge in [0.1, 0.15) is 0 Å². The smallest absolute Gasteiger partial charge is 0.193 e. The summed E-state index contributed by atoms with van der Waals surface area (Å²) in [6, 6.07) is 6.36. The van der Waals surface area contributed by atoms with Crippen molar-refractivity contribution in [2.24, 2.45) is 10.7 Å². The number of aryl methyl sites for hydroxylation is 4. The number of thiazole rings is 1. The molecule has 0 bridgehead atoms. The van der Waals surface area contributed by atoms with Gasteiger partial charge in [0.25, 0.3) is 0 Å². The first kappa shape index (κ1) is 16.5. The monoisotopic (exact) mass is 316 g/mol. The van der Waals surface area contributed by atoms with E-state index in [0.717, 1.165) is 29.2 Å². The van der Waals surface area contributed by atoms with Crippen molar-refractivity contribution in [2.75, 3.05) is 5.32 Å². The quantitative estimate of drug-likeness (QED) is 0.651. The zero-order valence-corrected chi connectivity index (χ0v) is 14.5. The van der Waals surface area contributed by atoms with E-state index in [2.05, 4.69) is 47.3 Å². The Morgan fingerprint density at radius 2 is 1.86 bits per heavy atom. The first-order valence-corrected chi connectivity index (χ1v) is 8.47. The van der Waals surface area contributed by atoms with Gasteiger partial charge >= 0.3 is 0 Å². The number of nitrogens with one attached hydrogen (secondary N) is 1. The zero-order chi connectivity index (χ0) is 16.1. The third kappa shape index (κ3) is 3.85. The van der Waals surface area contributed by atoms with Crippen molar-refractivity contribution in [3.05, 3.63) is 44.9 Å². The molecule has 118 valence electrons. The third-order valence-corrected chi connectivity index (χ3v) is 4.70. The maximum atomic E-state index is 6.08. The van der Waals surface area contributed by atoms with Crippen molar-refractivity contribution in [1.82, 2.24) is 4.98 Å². The number of aliphatic imine (C=N–C) groups is 1. The van der Waals surface area contributed by atoms with Crippen LogP contribution in [-0.4, -0.2) is 10.9 Å². The van der Waals surface area contributed by atoms with Gasteiger partial charge in [-0.05, 0) is 37.8 Å². The summed E-state index contributed by atoms with van der Waals surface area (Å²) in [5, 5.41) is 4.36. The van der Waals surface area contributed by atoms with E-state index in [1.54, 1.807) is 11.3 Å². The van der Waals surface area contributed by atoms with Gasteiger partial charge in [-0.25, -0.2) is 9.98 Å². The first-order chi connectivity index (χ1) is 10.5. The molecular formula is C17H24N4S. The summed E-state index contributed by atoms with van der Waals surface area (Å²) in [5.41, 5.74) is 10.8. The molecule has 0 unspecified atom stereocenters. The number of anilines is 1. The minimum atomic E-state index is 0.459. The highest BCUT2D eigenvalue weighted by molar-refractivity contribution is 7.11. The minimum Gasteiger partial charge on any atom is -0.370 e. The van der Waals surface area contributed by atoms with E-state index in [9.17, 15) is 0 Å². The summed E-state index contributed by atoms with van der Waals surface area (Å²) in [5.74, 6) is 0.459. The molecule has 0 spiro atoms. The van der Waals surface area contributed by atoms with Crippen molar-refractivity contribution in [1.29, 1.82) is 0 Å². The highest BCUT2D eigenvalue weighted by atomic mass is 32.1. The van der Waals surface area contributed by atoms with Crippen molar-refractivity contribution in [3.8, 4) is 0 Å². The van der Waals surface area contributed by atoms with Gasteiger partial charge in [0.05, 0.1) is 17.2 Å². The topological polar surface area (TPSA) is 63.3 Å². The van der Waals surface area contributed by atoms with Gasteiger partial charge in [-0.1, -0.05) is 32.0 Å². The van der Waals surface area contributed by atoms with Crippen molar-refractivity contribution in [2.45, 2.75) is 47.1 Å². The minimum absolute atomic E-state index is 0.459. The molecule has 1 heterocycles. The van der Waals surface area contributed by atoms with Crippen LogP contribution in [0, 0.1) is 13.8 Å². The molecule has 2 aromatic rings. The lowest BCUT2D eigenvalue weighted by Gasteiger charge is -2.14. The Balaban J connectivity index is 2.16. The fourth-order valence-corrected chi connectivity index (χ4v) is 3.31. The molecular weight excluding hydrogens is 292 g/mol. The van der Waals surface area contributed by atoms with Gasteiger partial charge in [0.2, 0.25) is 0 Å². The number of hydrogen-bond acceptors (Lipinski definition) is 3. The fraction of sp³-hybridized carbons (Fsp3) is 0.412. The molecule has 0 atom stereocenters. The Labute approximate surface area is 136 Å².